The average Bonchev–Trinajstić information content (AvgIpc) is 2.90. The summed E-state index contributed by atoms with van der Waals surface area (Å²) in [5, 5.41) is 44.0. The Hall–Kier alpha value is -3.27. The molecule has 4 N–H and O–H groups in total. The molecule has 3 aliphatic rings. The average molecular weight is 539 g/mol. The zero-order valence-corrected chi connectivity index (χ0v) is 22.5. The fraction of sp³-hybridized carbons (Fsp3) is 0.500. The lowest BCUT2D eigenvalue weighted by molar-refractivity contribution is -0.143. The lowest BCUT2D eigenvalue weighted by Gasteiger charge is -2.42. The highest BCUT2D eigenvalue weighted by Gasteiger charge is 2.49. The Kier molecular flexibility index (Phi) is 6.81. The number of benzene rings is 2. The number of aromatic hydroxyl groups is 2. The lowest BCUT2D eigenvalue weighted by Crippen LogP contribution is -2.48. The van der Waals surface area contributed by atoms with Crippen LogP contribution in [0.2, 0.25) is 0 Å². The quantitative estimate of drug-likeness (QED) is 0.359. The zero-order chi connectivity index (χ0) is 28.4. The summed E-state index contributed by atoms with van der Waals surface area (Å²) in [4.78, 5) is 40.0. The molecule has 1 fully saturated rings. The van der Waals surface area contributed by atoms with Gasteiger partial charge in [-0.05, 0) is 50.0 Å². The molecule has 9 heteroatoms. The Morgan fingerprint density at radius 2 is 1.77 bits per heavy atom. The van der Waals surface area contributed by atoms with E-state index in [0.717, 1.165) is 0 Å². The smallest absolute Gasteiger partial charge is 0.202 e. The molecule has 0 saturated carbocycles. The number of carbonyl (C=O) groups excluding carboxylic acids is 3. The van der Waals surface area contributed by atoms with Crippen LogP contribution in [0.15, 0.2) is 18.2 Å². The summed E-state index contributed by atoms with van der Waals surface area (Å²) < 4.78 is 11.6. The van der Waals surface area contributed by atoms with Crippen LogP contribution >= 0.6 is 0 Å². The minimum absolute atomic E-state index is 0.00118. The maximum atomic E-state index is 13.7. The highest BCUT2D eigenvalue weighted by Crippen LogP contribution is 2.53. The number of hydrogen-bond donors (Lipinski definition) is 4. The van der Waals surface area contributed by atoms with Crippen LogP contribution in [0.5, 0.6) is 17.2 Å². The van der Waals surface area contributed by atoms with Crippen molar-refractivity contribution in [2.24, 2.45) is 11.8 Å². The van der Waals surface area contributed by atoms with E-state index in [2.05, 4.69) is 13.8 Å². The van der Waals surface area contributed by atoms with Crippen molar-refractivity contribution in [2.45, 2.75) is 70.2 Å². The molecule has 0 amide bonds. The minimum atomic E-state index is -2.04. The molecule has 3 unspecified atom stereocenters. The van der Waals surface area contributed by atoms with Gasteiger partial charge in [0.15, 0.2) is 11.6 Å². The summed E-state index contributed by atoms with van der Waals surface area (Å²) in [5.74, 6) is -3.05. The van der Waals surface area contributed by atoms with Crippen LogP contribution in [-0.2, 0) is 16.0 Å². The van der Waals surface area contributed by atoms with Crippen molar-refractivity contribution in [1.29, 1.82) is 0 Å². The number of ketones is 3. The van der Waals surface area contributed by atoms with Gasteiger partial charge in [-0.25, -0.2) is 0 Å². The Bertz CT molecular complexity index is 1370. The van der Waals surface area contributed by atoms with Crippen molar-refractivity contribution in [3.8, 4) is 17.2 Å². The predicted octanol–water partition coefficient (Wildman–Crippen LogP) is 3.04. The molecule has 2 aromatic carbocycles. The van der Waals surface area contributed by atoms with Gasteiger partial charge in [0.2, 0.25) is 5.78 Å². The van der Waals surface area contributed by atoms with Crippen LogP contribution < -0.4 is 4.74 Å². The van der Waals surface area contributed by atoms with Crippen molar-refractivity contribution in [1.82, 2.24) is 0 Å². The molecule has 0 bridgehead atoms. The molecule has 1 saturated heterocycles. The standard InChI is InChI=1S/C30H34O9/c1-13-8-17(39-15(3)14(13)2)9-16-10-30(37,21(32)12-31)11-19-22(16)28(35)25-24(27(19)34)26(33)18-6-5-7-20(38-4)23(18)29(25)36/h5-7,13-17,31,34-35,37H,8-12H2,1-4H3/t13?,14-,15?,16?,17+,30+/m0/s1. The number of aliphatic hydroxyl groups excluding tert-OH is 1. The number of hydrogen-bond acceptors (Lipinski definition) is 9. The minimum Gasteiger partial charge on any atom is -0.507 e. The van der Waals surface area contributed by atoms with Crippen molar-refractivity contribution in [3.05, 3.63) is 51.6 Å². The fourth-order valence-electron chi connectivity index (χ4n) is 6.72. The normalized spacial score (nSPS) is 29.8. The van der Waals surface area contributed by atoms with Gasteiger partial charge in [0.25, 0.3) is 0 Å². The third-order valence-electron chi connectivity index (χ3n) is 9.11. The molecule has 208 valence electrons. The summed E-state index contributed by atoms with van der Waals surface area (Å²) in [7, 11) is 1.37. The Balaban J connectivity index is 1.69. The largest absolute Gasteiger partial charge is 0.507 e. The lowest BCUT2D eigenvalue weighted by atomic mass is 9.67. The second-order valence-electron chi connectivity index (χ2n) is 11.3. The van der Waals surface area contributed by atoms with Crippen LogP contribution in [0.3, 0.4) is 0 Å². The molecule has 39 heavy (non-hydrogen) atoms. The van der Waals surface area contributed by atoms with Gasteiger partial charge < -0.3 is 29.9 Å². The van der Waals surface area contributed by atoms with E-state index in [0.29, 0.717) is 24.7 Å². The van der Waals surface area contributed by atoms with E-state index < -0.39 is 53.4 Å². The maximum absolute atomic E-state index is 13.7. The Morgan fingerprint density at radius 3 is 2.41 bits per heavy atom. The molecule has 2 aromatic rings. The van der Waals surface area contributed by atoms with Gasteiger partial charge >= 0.3 is 0 Å². The van der Waals surface area contributed by atoms with Crippen LogP contribution in [0.25, 0.3) is 0 Å². The molecule has 1 aliphatic heterocycles. The molecular weight excluding hydrogens is 504 g/mol. The number of phenols is 2. The van der Waals surface area contributed by atoms with E-state index in [4.69, 9.17) is 9.47 Å². The Labute approximate surface area is 226 Å². The Morgan fingerprint density at radius 1 is 1.08 bits per heavy atom. The zero-order valence-electron chi connectivity index (χ0n) is 22.5. The number of rotatable bonds is 5. The van der Waals surface area contributed by atoms with Crippen LogP contribution in [0, 0.1) is 11.8 Å². The number of carbonyl (C=O) groups is 3. The highest BCUT2D eigenvalue weighted by atomic mass is 16.5. The first-order chi connectivity index (χ1) is 18.4. The summed E-state index contributed by atoms with van der Waals surface area (Å²) in [5.41, 5.74) is -2.49. The van der Waals surface area contributed by atoms with Gasteiger partial charge in [-0.1, -0.05) is 26.0 Å². The number of methoxy groups -OCH3 is 1. The van der Waals surface area contributed by atoms with Gasteiger partial charge in [-0.2, -0.15) is 0 Å². The predicted molar refractivity (Wildman–Crippen MR) is 140 cm³/mol. The molecule has 9 nitrogen and oxygen atoms in total. The second kappa shape index (κ2) is 9.73. The van der Waals surface area contributed by atoms with E-state index in [1.165, 1.54) is 19.2 Å². The van der Waals surface area contributed by atoms with Gasteiger partial charge in [-0.3, -0.25) is 14.4 Å². The highest BCUT2D eigenvalue weighted by molar-refractivity contribution is 6.31. The molecular formula is C30H34O9. The fourth-order valence-corrected chi connectivity index (χ4v) is 6.72. The van der Waals surface area contributed by atoms with Gasteiger partial charge in [-0.15, -0.1) is 0 Å². The van der Waals surface area contributed by atoms with Gasteiger partial charge in [0.05, 0.1) is 36.0 Å². The summed E-state index contributed by atoms with van der Waals surface area (Å²) in [6.45, 7) is 5.33. The van der Waals surface area contributed by atoms with Gasteiger partial charge in [0, 0.05) is 23.1 Å². The van der Waals surface area contributed by atoms with Crippen LogP contribution in [0.4, 0.5) is 0 Å². The summed E-state index contributed by atoms with van der Waals surface area (Å²) in [6.07, 6.45) is 0.130. The second-order valence-corrected chi connectivity index (χ2v) is 11.3. The summed E-state index contributed by atoms with van der Waals surface area (Å²) in [6, 6.07) is 4.53. The van der Waals surface area contributed by atoms with Crippen LogP contribution in [0.1, 0.15) is 88.9 Å². The SMILES string of the molecule is COc1cccc2c1C(=O)c1c(O)c3c(c(O)c1C2=O)C[C@@](O)(C(=O)CO)CC3C[C@H]1CC(C)[C@H](C)C(C)O1. The first-order valence-corrected chi connectivity index (χ1v) is 13.3. The van der Waals surface area contributed by atoms with E-state index >= 15 is 0 Å². The van der Waals surface area contributed by atoms with E-state index in [1.807, 2.05) is 6.92 Å². The molecule has 5 rings (SSSR count). The number of phenolic OH excluding ortho intramolecular Hbond substituents is 2. The van der Waals surface area contributed by atoms with Gasteiger partial charge in [0.1, 0.15) is 29.5 Å². The molecule has 0 spiro atoms. The monoisotopic (exact) mass is 538 g/mol. The van der Waals surface area contributed by atoms with Crippen molar-refractivity contribution in [2.75, 3.05) is 13.7 Å². The molecule has 1 heterocycles. The number of fused-ring (bicyclic) bond motifs is 3. The molecule has 6 atom stereocenters. The van der Waals surface area contributed by atoms with Crippen LogP contribution in [-0.4, -0.2) is 69.3 Å². The third kappa shape index (κ3) is 4.15. The van der Waals surface area contributed by atoms with Crippen molar-refractivity contribution < 1.29 is 44.3 Å². The maximum Gasteiger partial charge on any atom is 0.202 e. The molecule has 0 aromatic heterocycles. The number of Topliss-reactive ketones (excluding diaryl/α,β-unsaturated/α-hetero) is 1. The summed E-state index contributed by atoms with van der Waals surface area (Å²) >= 11 is 0. The first-order valence-electron chi connectivity index (χ1n) is 13.3. The number of aliphatic hydroxyl groups is 2. The van der Waals surface area contributed by atoms with Crippen molar-refractivity contribution >= 4 is 17.3 Å². The third-order valence-corrected chi connectivity index (χ3v) is 9.11. The molecule has 2 aliphatic carbocycles. The van der Waals surface area contributed by atoms with E-state index in [9.17, 15) is 34.8 Å². The first kappa shape index (κ1) is 27.3. The van der Waals surface area contributed by atoms with E-state index in [1.54, 1.807) is 6.07 Å². The number of ether oxygens (including phenoxy) is 2. The van der Waals surface area contributed by atoms with Crippen molar-refractivity contribution in [3.63, 3.8) is 0 Å². The topological polar surface area (TPSA) is 151 Å². The van der Waals surface area contributed by atoms with E-state index in [-0.39, 0.29) is 57.8 Å². The molecule has 0 radical (unpaired) electrons.